The van der Waals surface area contributed by atoms with Crippen molar-refractivity contribution >= 4 is 29.9 Å². The summed E-state index contributed by atoms with van der Waals surface area (Å²) in [5.74, 6) is 0.503. The first-order valence-corrected chi connectivity index (χ1v) is 8.12. The largest absolute Gasteiger partial charge is 0.380 e. The fourth-order valence-electron chi connectivity index (χ4n) is 2.33. The topological polar surface area (TPSA) is 50.6 Å². The van der Waals surface area contributed by atoms with Gasteiger partial charge in [0.25, 0.3) is 0 Å². The van der Waals surface area contributed by atoms with E-state index in [-0.39, 0.29) is 36.4 Å². The van der Waals surface area contributed by atoms with E-state index in [2.05, 4.69) is 20.2 Å². The minimum absolute atomic E-state index is 0. The second-order valence-corrected chi connectivity index (χ2v) is 5.40. The number of rotatable bonds is 8. The van der Waals surface area contributed by atoms with E-state index in [1.54, 1.807) is 19.2 Å². The van der Waals surface area contributed by atoms with Gasteiger partial charge in [-0.15, -0.1) is 24.0 Å². The zero-order chi connectivity index (χ0) is 17.2. The van der Waals surface area contributed by atoms with Gasteiger partial charge in [-0.3, -0.25) is 0 Å². The van der Waals surface area contributed by atoms with Crippen molar-refractivity contribution in [1.82, 2.24) is 15.2 Å². The van der Waals surface area contributed by atoms with Crippen molar-refractivity contribution < 1.29 is 9.13 Å². The molecule has 0 aliphatic heterocycles. The number of aromatic nitrogens is 1. The van der Waals surface area contributed by atoms with Gasteiger partial charge in [0, 0.05) is 44.7 Å². The number of guanidine groups is 1. The van der Waals surface area contributed by atoms with E-state index in [9.17, 15) is 4.39 Å². The van der Waals surface area contributed by atoms with Crippen LogP contribution in [0.5, 0.6) is 0 Å². The lowest BCUT2D eigenvalue weighted by Gasteiger charge is -2.12. The Morgan fingerprint density at radius 1 is 1.24 bits per heavy atom. The highest BCUT2D eigenvalue weighted by molar-refractivity contribution is 14.0. The fraction of sp³-hybridized carbons (Fsp3) is 0.389. The second kappa shape index (κ2) is 11.9. The third-order valence-electron chi connectivity index (χ3n) is 3.50. The van der Waals surface area contributed by atoms with Crippen LogP contribution in [0.2, 0.25) is 0 Å². The molecule has 0 atom stereocenters. The lowest BCUT2D eigenvalue weighted by molar-refractivity contribution is 0.181. The molecule has 1 heterocycles. The molecule has 2 rings (SSSR count). The molecule has 25 heavy (non-hydrogen) atoms. The maximum atomic E-state index is 13.6. The van der Waals surface area contributed by atoms with Gasteiger partial charge in [-0.2, -0.15) is 0 Å². The molecular weight excluding hydrogens is 434 g/mol. The van der Waals surface area contributed by atoms with Gasteiger partial charge in [-0.05, 0) is 36.8 Å². The summed E-state index contributed by atoms with van der Waals surface area (Å²) >= 11 is 0. The van der Waals surface area contributed by atoms with Gasteiger partial charge in [-0.25, -0.2) is 9.38 Å². The number of ether oxygens (including phenoxy) is 1. The number of aliphatic imine (C=N–C) groups is 1. The number of benzene rings is 1. The minimum Gasteiger partial charge on any atom is -0.380 e. The van der Waals surface area contributed by atoms with Crippen molar-refractivity contribution in [3.05, 3.63) is 59.7 Å². The summed E-state index contributed by atoms with van der Waals surface area (Å²) in [7, 11) is 1.56. The summed E-state index contributed by atoms with van der Waals surface area (Å²) in [4.78, 5) is 4.56. The zero-order valence-electron chi connectivity index (χ0n) is 14.7. The molecule has 0 aliphatic carbocycles. The first-order chi connectivity index (χ1) is 11.7. The third kappa shape index (κ3) is 7.43. The zero-order valence-corrected chi connectivity index (χ0v) is 17.0. The highest BCUT2D eigenvalue weighted by atomic mass is 127. The number of halogens is 2. The number of methoxy groups -OCH3 is 1. The summed E-state index contributed by atoms with van der Waals surface area (Å²) in [6.07, 6.45) is 4.06. The van der Waals surface area contributed by atoms with Crippen LogP contribution in [0.1, 0.15) is 18.1 Å². The summed E-state index contributed by atoms with van der Waals surface area (Å²) in [5.41, 5.74) is 1.50. The van der Waals surface area contributed by atoms with Crippen LogP contribution in [0.15, 0.2) is 47.7 Å². The van der Waals surface area contributed by atoms with Crippen LogP contribution in [-0.4, -0.2) is 30.7 Å². The second-order valence-electron chi connectivity index (χ2n) is 5.40. The fourth-order valence-corrected chi connectivity index (χ4v) is 2.33. The average Bonchev–Trinajstić information content (AvgIpc) is 3.09. The van der Waals surface area contributed by atoms with E-state index < -0.39 is 0 Å². The van der Waals surface area contributed by atoms with Crippen molar-refractivity contribution in [3.63, 3.8) is 0 Å². The van der Waals surface area contributed by atoms with E-state index in [1.165, 1.54) is 6.07 Å². The SMILES string of the molecule is CCNC(=NCc1ccc(F)c(COC)c1)NCCn1cccc1.I. The molecule has 1 aromatic heterocycles. The van der Waals surface area contributed by atoms with Crippen LogP contribution in [-0.2, 0) is 24.4 Å². The van der Waals surface area contributed by atoms with Crippen molar-refractivity contribution in [2.24, 2.45) is 4.99 Å². The Balaban J connectivity index is 0.00000312. The molecule has 0 aliphatic rings. The van der Waals surface area contributed by atoms with Crippen LogP contribution in [0.3, 0.4) is 0 Å². The maximum absolute atomic E-state index is 13.6. The lowest BCUT2D eigenvalue weighted by Crippen LogP contribution is -2.38. The normalized spacial score (nSPS) is 11.1. The first-order valence-electron chi connectivity index (χ1n) is 8.12. The molecule has 0 amide bonds. The van der Waals surface area contributed by atoms with E-state index in [4.69, 9.17) is 4.74 Å². The van der Waals surface area contributed by atoms with E-state index in [0.717, 1.165) is 31.2 Å². The molecule has 7 heteroatoms. The summed E-state index contributed by atoms with van der Waals surface area (Å²) in [6.45, 7) is 5.20. The molecule has 0 radical (unpaired) electrons. The van der Waals surface area contributed by atoms with Crippen LogP contribution in [0.4, 0.5) is 4.39 Å². The summed E-state index contributed by atoms with van der Waals surface area (Å²) < 4.78 is 20.8. The molecule has 2 N–H and O–H groups in total. The highest BCUT2D eigenvalue weighted by Crippen LogP contribution is 2.12. The molecule has 0 fully saturated rings. The Kier molecular flexibility index (Phi) is 10.2. The molecule has 0 unspecified atom stereocenters. The molecule has 5 nitrogen and oxygen atoms in total. The Morgan fingerprint density at radius 3 is 2.68 bits per heavy atom. The highest BCUT2D eigenvalue weighted by Gasteiger charge is 2.04. The third-order valence-corrected chi connectivity index (χ3v) is 3.50. The van der Waals surface area contributed by atoms with Gasteiger partial charge in [0.1, 0.15) is 5.82 Å². The molecule has 138 valence electrons. The Morgan fingerprint density at radius 2 is 2.00 bits per heavy atom. The predicted molar refractivity (Wildman–Crippen MR) is 110 cm³/mol. The van der Waals surface area contributed by atoms with Gasteiger partial charge in [0.05, 0.1) is 13.2 Å². The molecule has 0 saturated carbocycles. The van der Waals surface area contributed by atoms with Crippen LogP contribution < -0.4 is 10.6 Å². The van der Waals surface area contributed by atoms with Crippen LogP contribution >= 0.6 is 24.0 Å². The maximum Gasteiger partial charge on any atom is 0.191 e. The van der Waals surface area contributed by atoms with E-state index >= 15 is 0 Å². The van der Waals surface area contributed by atoms with Gasteiger partial charge in [-0.1, -0.05) is 6.07 Å². The van der Waals surface area contributed by atoms with Crippen molar-refractivity contribution in [3.8, 4) is 0 Å². The number of nitrogens with one attached hydrogen (secondary N) is 2. The number of hydrogen-bond donors (Lipinski definition) is 2. The number of hydrogen-bond acceptors (Lipinski definition) is 2. The Labute approximate surface area is 165 Å². The quantitative estimate of drug-likeness (QED) is 0.362. The van der Waals surface area contributed by atoms with E-state index in [1.807, 2.05) is 31.5 Å². The Hall–Kier alpha value is -1.61. The van der Waals surface area contributed by atoms with Gasteiger partial charge < -0.3 is 19.9 Å². The average molecular weight is 460 g/mol. The molecule has 0 saturated heterocycles. The molecule has 0 bridgehead atoms. The molecule has 1 aromatic carbocycles. The van der Waals surface area contributed by atoms with Crippen LogP contribution in [0, 0.1) is 5.82 Å². The molecule has 2 aromatic rings. The van der Waals surface area contributed by atoms with Gasteiger partial charge in [0.2, 0.25) is 0 Å². The van der Waals surface area contributed by atoms with E-state index in [0.29, 0.717) is 12.1 Å². The van der Waals surface area contributed by atoms with Crippen molar-refractivity contribution in [1.29, 1.82) is 0 Å². The van der Waals surface area contributed by atoms with Crippen molar-refractivity contribution in [2.75, 3.05) is 20.2 Å². The van der Waals surface area contributed by atoms with Gasteiger partial charge >= 0.3 is 0 Å². The molecule has 0 spiro atoms. The van der Waals surface area contributed by atoms with Crippen molar-refractivity contribution in [2.45, 2.75) is 26.6 Å². The lowest BCUT2D eigenvalue weighted by atomic mass is 10.1. The van der Waals surface area contributed by atoms with Gasteiger partial charge in [0.15, 0.2) is 5.96 Å². The number of nitrogens with zero attached hydrogens (tertiary/aromatic N) is 2. The minimum atomic E-state index is -0.249. The molecular formula is C18H26FIN4O. The van der Waals surface area contributed by atoms with Crippen LogP contribution in [0.25, 0.3) is 0 Å². The first kappa shape index (κ1) is 21.4. The monoisotopic (exact) mass is 460 g/mol. The predicted octanol–water partition coefficient (Wildman–Crippen LogP) is 3.15. The summed E-state index contributed by atoms with van der Waals surface area (Å²) in [6, 6.07) is 9.02. The summed E-state index contributed by atoms with van der Waals surface area (Å²) in [5, 5.41) is 6.51. The standard InChI is InChI=1S/C18H25FN4O.HI/c1-3-20-18(21-8-11-23-9-4-5-10-23)22-13-15-6-7-17(19)16(12-15)14-24-2;/h4-7,9-10,12H,3,8,11,13-14H2,1-2H3,(H2,20,21,22);1H. The smallest absolute Gasteiger partial charge is 0.191 e. The Bertz CT molecular complexity index is 647.